The van der Waals surface area contributed by atoms with Gasteiger partial charge in [0.2, 0.25) is 5.91 Å². The molecule has 4 rings (SSSR count). The lowest BCUT2D eigenvalue weighted by Crippen LogP contribution is -2.61. The third kappa shape index (κ3) is 5.40. The minimum absolute atomic E-state index is 0.0938. The van der Waals surface area contributed by atoms with Gasteiger partial charge in [0.25, 0.3) is 0 Å². The van der Waals surface area contributed by atoms with E-state index in [0.717, 1.165) is 44.5 Å². The Hall–Kier alpha value is -2.41. The molecule has 190 valence electrons. The molecule has 0 spiro atoms. The second kappa shape index (κ2) is 9.92. The van der Waals surface area contributed by atoms with Crippen LogP contribution >= 0.6 is 0 Å². The molecule has 1 unspecified atom stereocenters. The molecule has 1 saturated carbocycles. The van der Waals surface area contributed by atoms with E-state index in [0.29, 0.717) is 23.9 Å². The van der Waals surface area contributed by atoms with Crippen molar-refractivity contribution in [3.63, 3.8) is 0 Å². The summed E-state index contributed by atoms with van der Waals surface area (Å²) in [7, 11) is 0. The van der Waals surface area contributed by atoms with Crippen LogP contribution in [0.15, 0.2) is 48.5 Å². The fourth-order valence-corrected chi connectivity index (χ4v) is 5.94. The van der Waals surface area contributed by atoms with Crippen LogP contribution in [0.25, 0.3) is 0 Å². The molecule has 1 aliphatic carbocycles. The van der Waals surface area contributed by atoms with E-state index in [4.69, 9.17) is 0 Å². The number of nitrogens with zero attached hydrogens (tertiary/aromatic N) is 1. The first-order valence-electron chi connectivity index (χ1n) is 12.4. The summed E-state index contributed by atoms with van der Waals surface area (Å²) in [5, 5.41) is 2.80. The van der Waals surface area contributed by atoms with Gasteiger partial charge in [0.15, 0.2) is 0 Å². The highest BCUT2D eigenvalue weighted by Crippen LogP contribution is 2.50. The van der Waals surface area contributed by atoms with Crippen molar-refractivity contribution in [2.45, 2.75) is 64.7 Å². The number of carbonyl (C=O) groups excluding carboxylic acids is 1. The van der Waals surface area contributed by atoms with Crippen LogP contribution in [0.5, 0.6) is 0 Å². The topological polar surface area (TPSA) is 32.3 Å². The number of rotatable bonds is 6. The molecule has 2 fully saturated rings. The quantitative estimate of drug-likeness (QED) is 0.476. The van der Waals surface area contributed by atoms with Crippen molar-refractivity contribution in [2.24, 2.45) is 17.3 Å². The number of amides is 1. The van der Waals surface area contributed by atoms with Crippen LogP contribution in [0.1, 0.15) is 62.6 Å². The van der Waals surface area contributed by atoms with Crippen molar-refractivity contribution in [2.75, 3.05) is 13.1 Å². The van der Waals surface area contributed by atoms with Crippen LogP contribution in [0.3, 0.4) is 0 Å². The summed E-state index contributed by atoms with van der Waals surface area (Å²) in [5.74, 6) is 0.0350. The van der Waals surface area contributed by atoms with Crippen LogP contribution in [0, 0.1) is 23.1 Å². The summed E-state index contributed by atoms with van der Waals surface area (Å²) in [6.07, 6.45) is -2.08. The molecular formula is C28H34F4N2O. The number of carbonyl (C=O) groups is 1. The van der Waals surface area contributed by atoms with E-state index in [1.165, 1.54) is 5.56 Å². The fraction of sp³-hybridized carbons (Fsp3) is 0.536. The first kappa shape index (κ1) is 25.7. The molecule has 1 N–H and O–H groups in total. The zero-order valence-corrected chi connectivity index (χ0v) is 20.5. The highest BCUT2D eigenvalue weighted by atomic mass is 19.4. The van der Waals surface area contributed by atoms with E-state index in [9.17, 15) is 22.4 Å². The average molecular weight is 491 g/mol. The van der Waals surface area contributed by atoms with Crippen molar-refractivity contribution in [3.05, 3.63) is 71.0 Å². The number of piperidine rings is 1. The third-order valence-electron chi connectivity index (χ3n) is 8.18. The maximum atomic E-state index is 13.7. The highest BCUT2D eigenvalue weighted by molar-refractivity contribution is 5.84. The van der Waals surface area contributed by atoms with Gasteiger partial charge in [-0.25, -0.2) is 4.39 Å². The van der Waals surface area contributed by atoms with Gasteiger partial charge in [0.1, 0.15) is 5.82 Å². The van der Waals surface area contributed by atoms with Gasteiger partial charge in [0.05, 0.1) is 11.0 Å². The van der Waals surface area contributed by atoms with E-state index < -0.39 is 23.0 Å². The van der Waals surface area contributed by atoms with Crippen molar-refractivity contribution >= 4 is 5.91 Å². The molecule has 0 aromatic heterocycles. The van der Waals surface area contributed by atoms with Gasteiger partial charge in [-0.2, -0.15) is 13.2 Å². The Kier molecular flexibility index (Phi) is 7.28. The molecule has 1 amide bonds. The Morgan fingerprint density at radius 1 is 1.14 bits per heavy atom. The smallest absolute Gasteiger partial charge is 0.352 e. The number of hydrogen-bond acceptors (Lipinski definition) is 2. The molecule has 1 saturated heterocycles. The summed E-state index contributed by atoms with van der Waals surface area (Å²) < 4.78 is 52.8. The van der Waals surface area contributed by atoms with Crippen LogP contribution in [0.4, 0.5) is 17.6 Å². The van der Waals surface area contributed by atoms with Crippen molar-refractivity contribution < 1.29 is 22.4 Å². The number of halogens is 4. The summed E-state index contributed by atoms with van der Waals surface area (Å²) in [4.78, 5) is 15.7. The number of nitrogens with one attached hydrogen (secondary N) is 1. The standard InChI is InChI=1S/C28H34F4N2O/c1-18(2)27(26(35)33-16-20-11-22(28(30,31)32)13-23(29)12-20)14-24(15-27)34-10-9-25(19(3)17-34)21-7-5-4-6-8-21/h4-8,11-13,18-19,24-25H,9-10,14-17H2,1-3H3,(H,33,35)/t19-,24?,25?,27?/m1/s1. The fourth-order valence-electron chi connectivity index (χ4n) is 5.94. The van der Waals surface area contributed by atoms with Gasteiger partial charge in [-0.15, -0.1) is 0 Å². The molecule has 0 bridgehead atoms. The predicted molar refractivity (Wildman–Crippen MR) is 128 cm³/mol. The van der Waals surface area contributed by atoms with Crippen LogP contribution in [-0.2, 0) is 17.5 Å². The first-order chi connectivity index (χ1) is 16.5. The van der Waals surface area contributed by atoms with Crippen LogP contribution < -0.4 is 5.32 Å². The number of hydrogen-bond donors (Lipinski definition) is 1. The van der Waals surface area contributed by atoms with Crippen molar-refractivity contribution in [3.8, 4) is 0 Å². The SMILES string of the molecule is CC(C)C1(C(=O)NCc2cc(F)cc(C(F)(F)F)c2)CC(N2CCC(c3ccccc3)[C@H](C)C2)C1. The molecule has 0 radical (unpaired) electrons. The Labute approximate surface area is 204 Å². The van der Waals surface area contributed by atoms with Gasteiger partial charge >= 0.3 is 6.18 Å². The first-order valence-corrected chi connectivity index (χ1v) is 12.4. The molecule has 1 aliphatic heterocycles. The average Bonchev–Trinajstić information content (AvgIpc) is 2.76. The monoisotopic (exact) mass is 490 g/mol. The Balaban J connectivity index is 1.36. The van der Waals surface area contributed by atoms with Crippen molar-refractivity contribution in [1.29, 1.82) is 0 Å². The number of alkyl halides is 3. The van der Waals surface area contributed by atoms with Crippen LogP contribution in [0.2, 0.25) is 0 Å². The molecule has 35 heavy (non-hydrogen) atoms. The van der Waals surface area contributed by atoms with E-state index in [-0.39, 0.29) is 23.9 Å². The largest absolute Gasteiger partial charge is 0.416 e. The van der Waals surface area contributed by atoms with E-state index >= 15 is 0 Å². The number of likely N-dealkylation sites (tertiary alicyclic amines) is 1. The van der Waals surface area contributed by atoms with E-state index in [1.807, 2.05) is 19.9 Å². The molecule has 2 atom stereocenters. The molecule has 1 heterocycles. The molecule has 7 heteroatoms. The normalized spacial score (nSPS) is 27.5. The van der Waals surface area contributed by atoms with Gasteiger partial charge in [0, 0.05) is 19.1 Å². The lowest BCUT2D eigenvalue weighted by Gasteiger charge is -2.55. The molecule has 3 nitrogen and oxygen atoms in total. The van der Waals surface area contributed by atoms with Crippen molar-refractivity contribution in [1.82, 2.24) is 10.2 Å². The second-order valence-electron chi connectivity index (χ2n) is 10.7. The summed E-state index contributed by atoms with van der Waals surface area (Å²) in [6.45, 7) is 8.18. The Morgan fingerprint density at radius 3 is 2.43 bits per heavy atom. The molecule has 2 aliphatic rings. The maximum Gasteiger partial charge on any atom is 0.416 e. The Bertz CT molecular complexity index is 1030. The summed E-state index contributed by atoms with van der Waals surface area (Å²) in [5.41, 5.74) is -0.103. The van der Waals surface area contributed by atoms with Gasteiger partial charge in [-0.05, 0) is 72.9 Å². The molecule has 2 aromatic rings. The minimum Gasteiger partial charge on any atom is -0.352 e. The van der Waals surface area contributed by atoms with Gasteiger partial charge < -0.3 is 10.2 Å². The number of benzene rings is 2. The zero-order chi connectivity index (χ0) is 25.4. The summed E-state index contributed by atoms with van der Waals surface area (Å²) >= 11 is 0. The van der Waals surface area contributed by atoms with E-state index in [2.05, 4.69) is 41.4 Å². The second-order valence-corrected chi connectivity index (χ2v) is 10.7. The van der Waals surface area contributed by atoms with E-state index in [1.54, 1.807) is 0 Å². The lowest BCUT2D eigenvalue weighted by atomic mass is 9.58. The highest BCUT2D eigenvalue weighted by Gasteiger charge is 2.54. The predicted octanol–water partition coefficient (Wildman–Crippen LogP) is 6.39. The van der Waals surface area contributed by atoms with Gasteiger partial charge in [-0.3, -0.25) is 4.79 Å². The Morgan fingerprint density at radius 2 is 1.83 bits per heavy atom. The maximum absolute atomic E-state index is 13.7. The lowest BCUT2D eigenvalue weighted by molar-refractivity contribution is -0.147. The van der Waals surface area contributed by atoms with Gasteiger partial charge in [-0.1, -0.05) is 51.1 Å². The minimum atomic E-state index is -4.63. The molecular weight excluding hydrogens is 456 g/mol. The zero-order valence-electron chi connectivity index (χ0n) is 20.5. The molecule has 2 aromatic carbocycles. The third-order valence-corrected chi connectivity index (χ3v) is 8.18. The van der Waals surface area contributed by atoms with Crippen LogP contribution in [-0.4, -0.2) is 29.9 Å². The summed E-state index contributed by atoms with van der Waals surface area (Å²) in [6, 6.07) is 13.3.